The van der Waals surface area contributed by atoms with Gasteiger partial charge < -0.3 is 30.2 Å². The van der Waals surface area contributed by atoms with Gasteiger partial charge in [-0.1, -0.05) is 55.7 Å². The Kier molecular flexibility index (Phi) is 17.7. The van der Waals surface area contributed by atoms with E-state index >= 15 is 4.39 Å². The number of piperidine rings is 2. The Bertz CT molecular complexity index is 2990. The van der Waals surface area contributed by atoms with Gasteiger partial charge in [-0.25, -0.2) is 9.49 Å². The molecule has 2 atom stereocenters. The van der Waals surface area contributed by atoms with Crippen molar-refractivity contribution < 1.29 is 28.4 Å². The summed E-state index contributed by atoms with van der Waals surface area (Å²) in [4.78, 5) is 93.2. The van der Waals surface area contributed by atoms with Crippen LogP contribution in [0.5, 0.6) is 0 Å². The van der Waals surface area contributed by atoms with E-state index in [1.165, 1.54) is 6.07 Å². The van der Waals surface area contributed by atoms with Gasteiger partial charge in [-0.3, -0.25) is 43.2 Å². The molecule has 18 nitrogen and oxygen atoms in total. The average molecular weight is 1070 g/mol. The number of nitrogens with zero attached hydrogens (tertiary/aromatic N) is 9. The molecule has 6 heterocycles. The van der Waals surface area contributed by atoms with Gasteiger partial charge in [0.2, 0.25) is 17.7 Å². The van der Waals surface area contributed by atoms with E-state index in [1.54, 1.807) is 44.9 Å². The van der Waals surface area contributed by atoms with Crippen molar-refractivity contribution >= 4 is 40.3 Å². The molecule has 4 saturated heterocycles. The fraction of sp³-hybridized carbons (Fsp3) is 0.525. The number of aromatic amines is 1. The molecule has 78 heavy (non-hydrogen) atoms. The van der Waals surface area contributed by atoms with Crippen LogP contribution < -0.4 is 16.2 Å². The van der Waals surface area contributed by atoms with Crippen LogP contribution in [0, 0.1) is 17.7 Å². The number of likely N-dealkylation sites (tertiary alicyclic amines) is 2. The fourth-order valence-corrected chi connectivity index (χ4v) is 12.5. The van der Waals surface area contributed by atoms with Crippen LogP contribution in [0.3, 0.4) is 0 Å². The van der Waals surface area contributed by atoms with Crippen LogP contribution >= 0.6 is 0 Å². The van der Waals surface area contributed by atoms with Crippen molar-refractivity contribution in [2.75, 3.05) is 98.2 Å². The van der Waals surface area contributed by atoms with Crippen molar-refractivity contribution in [3.63, 3.8) is 0 Å². The maximum absolute atomic E-state index is 15.1. The molecular weight excluding hydrogens is 992 g/mol. The van der Waals surface area contributed by atoms with Crippen LogP contribution in [0.15, 0.2) is 83.9 Å². The van der Waals surface area contributed by atoms with Crippen LogP contribution in [-0.4, -0.2) is 183 Å². The highest BCUT2D eigenvalue weighted by Crippen LogP contribution is 2.31. The highest BCUT2D eigenvalue weighted by atomic mass is 19.1. The minimum Gasteiger partial charge on any atom is -0.341 e. The van der Waals surface area contributed by atoms with Gasteiger partial charge in [-0.15, -0.1) is 0 Å². The number of rotatable bonds is 16. The second kappa shape index (κ2) is 25.3. The molecule has 1 saturated carbocycles. The molecule has 5 aliphatic rings. The number of nitrogens with one attached hydrogen (secondary N) is 3. The SMILES string of the molecule is Cn1cc(CNCC(=O)N2CCCC(c3cccc(C(=O)NC(C(=O)N4CCN(CC5CCN(CC(=O)N6CCN(C(=O)c7cc(Cc8n[nH]c(=O)c9ccccc89)ccc7F)CC6)CC5)CC4)C4CCCCC4)c3)C2)cn1. The zero-order valence-electron chi connectivity index (χ0n) is 45.1. The number of hydrogen-bond donors (Lipinski definition) is 3. The van der Waals surface area contributed by atoms with Crippen molar-refractivity contribution in [3.05, 3.63) is 129 Å². The fourth-order valence-electron chi connectivity index (χ4n) is 12.5. The normalized spacial score (nSPS) is 19.7. The lowest BCUT2D eigenvalue weighted by Gasteiger charge is -2.41. The number of aromatic nitrogens is 4. The molecule has 414 valence electrons. The number of piperazine rings is 2. The Morgan fingerprint density at radius 1 is 0.718 bits per heavy atom. The minimum absolute atomic E-state index is 0.0156. The molecule has 19 heteroatoms. The van der Waals surface area contributed by atoms with Crippen LogP contribution in [0.2, 0.25) is 0 Å². The van der Waals surface area contributed by atoms with Crippen molar-refractivity contribution in [1.29, 1.82) is 0 Å². The summed E-state index contributed by atoms with van der Waals surface area (Å²) in [5.41, 5.74) is 3.62. The number of amides is 5. The molecule has 5 aromatic rings. The van der Waals surface area contributed by atoms with Crippen molar-refractivity contribution in [3.8, 4) is 0 Å². The van der Waals surface area contributed by atoms with Gasteiger partial charge >= 0.3 is 0 Å². The van der Waals surface area contributed by atoms with Crippen LogP contribution in [-0.2, 0) is 34.4 Å². The van der Waals surface area contributed by atoms with E-state index in [0.717, 1.165) is 102 Å². The second-order valence-corrected chi connectivity index (χ2v) is 22.3. The first-order valence-corrected chi connectivity index (χ1v) is 28.3. The predicted octanol–water partition coefficient (Wildman–Crippen LogP) is 4.40. The molecule has 5 amide bonds. The number of carbonyl (C=O) groups excluding carboxylic acids is 5. The van der Waals surface area contributed by atoms with Crippen LogP contribution in [0.1, 0.15) is 107 Å². The molecule has 1 aliphatic carbocycles. The third-order valence-corrected chi connectivity index (χ3v) is 17.0. The topological polar surface area (TPSA) is 192 Å². The first-order chi connectivity index (χ1) is 37.9. The third kappa shape index (κ3) is 13.4. The number of hydrogen-bond acceptors (Lipinski definition) is 11. The lowest BCUT2D eigenvalue weighted by Crippen LogP contribution is -2.57. The van der Waals surface area contributed by atoms with Gasteiger partial charge in [0.15, 0.2) is 0 Å². The van der Waals surface area contributed by atoms with Crippen LogP contribution in [0.4, 0.5) is 4.39 Å². The maximum Gasteiger partial charge on any atom is 0.272 e. The molecule has 0 radical (unpaired) electrons. The molecule has 0 spiro atoms. The van der Waals surface area contributed by atoms with Crippen LogP contribution in [0.25, 0.3) is 10.8 Å². The van der Waals surface area contributed by atoms with Gasteiger partial charge in [-0.2, -0.15) is 10.2 Å². The van der Waals surface area contributed by atoms with Gasteiger partial charge in [0.25, 0.3) is 17.4 Å². The second-order valence-electron chi connectivity index (χ2n) is 22.3. The monoisotopic (exact) mass is 1070 g/mol. The summed E-state index contributed by atoms with van der Waals surface area (Å²) in [7, 11) is 1.87. The lowest BCUT2D eigenvalue weighted by molar-refractivity contribution is -0.137. The molecule has 2 unspecified atom stereocenters. The smallest absolute Gasteiger partial charge is 0.272 e. The number of benzene rings is 3. The predicted molar refractivity (Wildman–Crippen MR) is 294 cm³/mol. The molecule has 10 rings (SSSR count). The van der Waals surface area contributed by atoms with Gasteiger partial charge in [0.1, 0.15) is 11.9 Å². The van der Waals surface area contributed by atoms with Gasteiger partial charge in [0.05, 0.1) is 35.9 Å². The lowest BCUT2D eigenvalue weighted by atomic mass is 9.83. The van der Waals surface area contributed by atoms with E-state index in [1.807, 2.05) is 53.4 Å². The summed E-state index contributed by atoms with van der Waals surface area (Å²) < 4.78 is 16.9. The Hall–Kier alpha value is -6.83. The average Bonchev–Trinajstić information content (AvgIpc) is 3.94. The Balaban J connectivity index is 0.651. The summed E-state index contributed by atoms with van der Waals surface area (Å²) in [6.07, 6.45) is 12.9. The first kappa shape index (κ1) is 54.5. The molecule has 3 N–H and O–H groups in total. The largest absolute Gasteiger partial charge is 0.341 e. The maximum atomic E-state index is 15.1. The van der Waals surface area contributed by atoms with E-state index in [9.17, 15) is 28.8 Å². The van der Waals surface area contributed by atoms with Crippen molar-refractivity contribution in [1.82, 2.24) is 60.0 Å². The Labute approximate surface area is 455 Å². The standard InChI is InChI=1S/C59H75FN12O6/c1-66-37-43(35-62-66)34-61-36-53(73)72-20-8-13-47(39-72)45-11-7-12-46(33-45)56(75)63-55(44-9-3-2-4-10-44)59(78)71-25-23-68(24-26-71)38-41-18-21-67(22-19-41)40-54(74)69-27-29-70(30-28-69)58(77)50-31-42(16-17-51(50)60)32-52-48-14-5-6-15-49(48)57(76)65-64-52/h5-7,11-12,14-17,31,33,35,37,41,44,47,55,61H,2-4,8-10,13,18-30,32,34,36,38-40H2,1H3,(H,63,75)(H,65,76). The summed E-state index contributed by atoms with van der Waals surface area (Å²) in [6.45, 7) is 9.22. The summed E-state index contributed by atoms with van der Waals surface area (Å²) in [6, 6.07) is 18.8. The van der Waals surface area contributed by atoms with E-state index in [4.69, 9.17) is 0 Å². The Morgan fingerprint density at radius 2 is 1.46 bits per heavy atom. The molecular formula is C59H75FN12O6. The minimum atomic E-state index is -0.607. The van der Waals surface area contributed by atoms with Crippen molar-refractivity contribution in [2.24, 2.45) is 18.9 Å². The third-order valence-electron chi connectivity index (χ3n) is 17.0. The number of aryl methyl sites for hydroxylation is 1. The first-order valence-electron chi connectivity index (χ1n) is 28.3. The van der Waals surface area contributed by atoms with Gasteiger partial charge in [-0.05, 0) is 105 Å². The zero-order valence-corrected chi connectivity index (χ0v) is 45.1. The quantitative estimate of drug-likeness (QED) is 0.127. The molecule has 4 aliphatic heterocycles. The molecule has 5 fully saturated rings. The number of carbonyl (C=O) groups is 5. The Morgan fingerprint density at radius 3 is 2.22 bits per heavy atom. The molecule has 0 bridgehead atoms. The highest BCUT2D eigenvalue weighted by molar-refractivity contribution is 5.98. The van der Waals surface area contributed by atoms with E-state index in [2.05, 4.69) is 41.8 Å². The highest BCUT2D eigenvalue weighted by Gasteiger charge is 2.37. The summed E-state index contributed by atoms with van der Waals surface area (Å²) >= 11 is 0. The molecule has 2 aromatic heterocycles. The van der Waals surface area contributed by atoms with Crippen molar-refractivity contribution in [2.45, 2.75) is 82.7 Å². The van der Waals surface area contributed by atoms with E-state index < -0.39 is 17.8 Å². The zero-order chi connectivity index (χ0) is 54.1. The van der Waals surface area contributed by atoms with Gasteiger partial charge in [0, 0.05) is 121 Å². The summed E-state index contributed by atoms with van der Waals surface area (Å²) in [5.74, 6) is -0.433. The number of H-pyrrole nitrogens is 1. The van der Waals surface area contributed by atoms with E-state index in [0.29, 0.717) is 105 Å². The molecule has 3 aromatic carbocycles. The number of halogens is 1. The summed E-state index contributed by atoms with van der Waals surface area (Å²) in [5, 5.41) is 18.7. The number of fused-ring (bicyclic) bond motifs is 1. The van der Waals surface area contributed by atoms with E-state index in [-0.39, 0.29) is 53.1 Å².